The Bertz CT molecular complexity index is 1150. The minimum atomic E-state index is -0.355. The van der Waals surface area contributed by atoms with Gasteiger partial charge in [-0.25, -0.2) is 4.98 Å². The van der Waals surface area contributed by atoms with Crippen molar-refractivity contribution in [2.75, 3.05) is 49.5 Å². The number of aromatic nitrogens is 2. The maximum atomic E-state index is 13.0. The Kier molecular flexibility index (Phi) is 8.18. The Morgan fingerprint density at radius 2 is 1.81 bits per heavy atom. The average molecular weight is 506 g/mol. The summed E-state index contributed by atoms with van der Waals surface area (Å²) >= 11 is 0. The molecule has 0 radical (unpaired) electrons. The summed E-state index contributed by atoms with van der Waals surface area (Å²) in [5.41, 5.74) is 2.89. The number of carbonyl (C=O) groups excluding carboxylic acids is 2. The van der Waals surface area contributed by atoms with Crippen molar-refractivity contribution in [1.29, 1.82) is 0 Å². The number of imidazole rings is 1. The van der Waals surface area contributed by atoms with Crippen LogP contribution in [0, 0.1) is 12.5 Å². The van der Waals surface area contributed by atoms with Crippen molar-refractivity contribution in [2.24, 2.45) is 5.92 Å². The van der Waals surface area contributed by atoms with Crippen LogP contribution in [-0.4, -0.2) is 70.9 Å². The highest BCUT2D eigenvalue weighted by molar-refractivity contribution is 6.04. The van der Waals surface area contributed by atoms with Crippen LogP contribution in [0.3, 0.4) is 0 Å². The van der Waals surface area contributed by atoms with E-state index >= 15 is 0 Å². The molecule has 2 N–H and O–H groups in total. The van der Waals surface area contributed by atoms with Gasteiger partial charge in [0.2, 0.25) is 11.7 Å². The van der Waals surface area contributed by atoms with E-state index in [-0.39, 0.29) is 29.0 Å². The number of hydrogen-bond donors (Lipinski definition) is 2. The van der Waals surface area contributed by atoms with Crippen molar-refractivity contribution < 1.29 is 9.59 Å². The van der Waals surface area contributed by atoms with Gasteiger partial charge in [-0.15, -0.1) is 0 Å². The van der Waals surface area contributed by atoms with Gasteiger partial charge in [0.25, 0.3) is 5.82 Å². The highest BCUT2D eigenvalue weighted by Gasteiger charge is 2.38. The van der Waals surface area contributed by atoms with Crippen molar-refractivity contribution in [3.8, 4) is 0 Å². The van der Waals surface area contributed by atoms with Crippen LogP contribution in [0.25, 0.3) is 4.85 Å². The van der Waals surface area contributed by atoms with Crippen LogP contribution in [-0.2, 0) is 10.3 Å². The number of benzene rings is 1. The normalized spacial score (nSPS) is 17.5. The van der Waals surface area contributed by atoms with Crippen LogP contribution >= 0.6 is 0 Å². The summed E-state index contributed by atoms with van der Waals surface area (Å²) in [6, 6.07) is 6.43. The monoisotopic (exact) mass is 505 g/mol. The Labute approximate surface area is 220 Å². The number of H-pyrrole nitrogens is 1. The number of hydrogen-bond acceptors (Lipinski definition) is 5. The quantitative estimate of drug-likeness (QED) is 0.536. The van der Waals surface area contributed by atoms with E-state index < -0.39 is 0 Å². The number of carbonyl (C=O) groups is 2. The second kappa shape index (κ2) is 11.3. The molecule has 2 saturated heterocycles. The lowest BCUT2D eigenvalue weighted by molar-refractivity contribution is -0.131. The lowest BCUT2D eigenvalue weighted by atomic mass is 9.81. The third-order valence-electron chi connectivity index (χ3n) is 8.31. The predicted octanol–water partition coefficient (Wildman–Crippen LogP) is 4.63. The van der Waals surface area contributed by atoms with Gasteiger partial charge in [-0.1, -0.05) is 33.4 Å². The molecule has 1 aromatic carbocycles. The number of aromatic amines is 1. The summed E-state index contributed by atoms with van der Waals surface area (Å²) in [7, 11) is 0. The summed E-state index contributed by atoms with van der Waals surface area (Å²) in [5.74, 6) is 0.849. The minimum absolute atomic E-state index is 0.132. The van der Waals surface area contributed by atoms with Gasteiger partial charge >= 0.3 is 5.91 Å². The molecule has 4 rings (SSSR count). The highest BCUT2D eigenvalue weighted by atomic mass is 16.2. The molecular weight excluding hydrogens is 466 g/mol. The summed E-state index contributed by atoms with van der Waals surface area (Å²) in [6.07, 6.45) is 5.52. The van der Waals surface area contributed by atoms with E-state index in [1.807, 2.05) is 11.0 Å². The second-order valence-corrected chi connectivity index (χ2v) is 10.3. The molecule has 0 aliphatic carbocycles. The van der Waals surface area contributed by atoms with Gasteiger partial charge in [-0.3, -0.25) is 19.5 Å². The first-order valence-corrected chi connectivity index (χ1v) is 13.4. The summed E-state index contributed by atoms with van der Waals surface area (Å²) < 4.78 is 0. The Hall–Kier alpha value is -3.38. The average Bonchev–Trinajstić information content (AvgIpc) is 3.41. The van der Waals surface area contributed by atoms with Crippen LogP contribution in [0.15, 0.2) is 24.4 Å². The van der Waals surface area contributed by atoms with E-state index in [1.165, 1.54) is 11.8 Å². The zero-order valence-corrected chi connectivity index (χ0v) is 22.5. The zero-order chi connectivity index (χ0) is 26.6. The Morgan fingerprint density at radius 1 is 1.14 bits per heavy atom. The Morgan fingerprint density at radius 3 is 2.38 bits per heavy atom. The standard InChI is InChI=1S/C28H39N7O2/c1-6-28(7-2,35-16-14-33(15-17-35)21(4)36)22-8-9-23(24(18-22)34-12-10-20(3)11-13-34)31-27(37)26-30-19-25(29-5)32-26/h8-9,18-20H,6-7,10-17H2,1-4H3,(H,30,32)(H,31,37). The van der Waals surface area contributed by atoms with Crippen LogP contribution in [0.4, 0.5) is 17.2 Å². The molecule has 2 amide bonds. The summed E-state index contributed by atoms with van der Waals surface area (Å²) in [5, 5.41) is 3.05. The predicted molar refractivity (Wildman–Crippen MR) is 146 cm³/mol. The maximum Gasteiger partial charge on any atom is 0.314 e. The second-order valence-electron chi connectivity index (χ2n) is 10.3. The van der Waals surface area contributed by atoms with E-state index in [9.17, 15) is 9.59 Å². The highest BCUT2D eigenvalue weighted by Crippen LogP contribution is 2.41. The fraction of sp³-hybridized carbons (Fsp3) is 0.571. The molecule has 2 aliphatic rings. The summed E-state index contributed by atoms with van der Waals surface area (Å²) in [4.78, 5) is 41.9. The molecule has 3 heterocycles. The van der Waals surface area contributed by atoms with Crippen molar-refractivity contribution in [3.05, 3.63) is 47.2 Å². The molecule has 2 fully saturated rings. The van der Waals surface area contributed by atoms with E-state index in [4.69, 9.17) is 6.57 Å². The lowest BCUT2D eigenvalue weighted by Crippen LogP contribution is -2.56. The number of rotatable bonds is 7. The third kappa shape index (κ3) is 5.49. The number of amides is 2. The topological polar surface area (TPSA) is 88.9 Å². The number of piperazine rings is 1. The SMILES string of the molecule is [C-]#[N+]c1cnc(C(=O)Nc2ccc(C(CC)(CC)N3CCN(C(C)=O)CC3)cc2N2CCC(C)CC2)[nH]1. The van der Waals surface area contributed by atoms with Crippen LogP contribution in [0.5, 0.6) is 0 Å². The van der Waals surface area contributed by atoms with Gasteiger partial charge in [0.1, 0.15) is 0 Å². The van der Waals surface area contributed by atoms with Crippen molar-refractivity contribution in [1.82, 2.24) is 19.8 Å². The molecule has 0 spiro atoms. The van der Waals surface area contributed by atoms with Crippen LogP contribution < -0.4 is 10.2 Å². The van der Waals surface area contributed by atoms with E-state index in [0.717, 1.165) is 76.3 Å². The van der Waals surface area contributed by atoms with Crippen molar-refractivity contribution in [3.63, 3.8) is 0 Å². The first-order valence-electron chi connectivity index (χ1n) is 13.4. The molecule has 0 bridgehead atoms. The molecule has 2 aliphatic heterocycles. The number of anilines is 2. The maximum absolute atomic E-state index is 13.0. The Balaban J connectivity index is 1.67. The van der Waals surface area contributed by atoms with Gasteiger partial charge in [0, 0.05) is 51.7 Å². The van der Waals surface area contributed by atoms with Gasteiger partial charge in [-0.05, 0) is 49.3 Å². The molecule has 1 aromatic heterocycles. The van der Waals surface area contributed by atoms with Crippen molar-refractivity contribution >= 4 is 29.0 Å². The molecule has 2 aromatic rings. The largest absolute Gasteiger partial charge is 0.370 e. The smallest absolute Gasteiger partial charge is 0.314 e. The van der Waals surface area contributed by atoms with E-state index in [1.54, 1.807) is 6.92 Å². The molecule has 0 saturated carbocycles. The minimum Gasteiger partial charge on any atom is -0.370 e. The fourth-order valence-corrected chi connectivity index (χ4v) is 5.84. The summed E-state index contributed by atoms with van der Waals surface area (Å²) in [6.45, 7) is 20.6. The van der Waals surface area contributed by atoms with Crippen LogP contribution in [0.2, 0.25) is 0 Å². The number of nitrogens with one attached hydrogen (secondary N) is 2. The van der Waals surface area contributed by atoms with Crippen LogP contribution in [0.1, 0.15) is 69.6 Å². The molecule has 37 heavy (non-hydrogen) atoms. The molecular formula is C28H39N7O2. The first kappa shape index (κ1) is 26.7. The lowest BCUT2D eigenvalue weighted by Gasteiger charge is -2.48. The molecule has 9 nitrogen and oxygen atoms in total. The van der Waals surface area contributed by atoms with E-state index in [2.05, 4.69) is 62.8 Å². The zero-order valence-electron chi connectivity index (χ0n) is 22.5. The van der Waals surface area contributed by atoms with Gasteiger partial charge in [0.15, 0.2) is 0 Å². The molecule has 0 unspecified atom stereocenters. The van der Waals surface area contributed by atoms with Gasteiger partial charge < -0.3 is 20.0 Å². The number of piperidine rings is 1. The fourth-order valence-electron chi connectivity index (χ4n) is 5.84. The van der Waals surface area contributed by atoms with Gasteiger partial charge in [0.05, 0.1) is 17.6 Å². The number of nitrogens with zero attached hydrogens (tertiary/aromatic N) is 5. The molecule has 0 atom stereocenters. The molecule has 198 valence electrons. The van der Waals surface area contributed by atoms with Crippen molar-refractivity contribution in [2.45, 2.75) is 58.9 Å². The van der Waals surface area contributed by atoms with E-state index in [0.29, 0.717) is 5.92 Å². The third-order valence-corrected chi connectivity index (χ3v) is 8.31. The first-order chi connectivity index (χ1) is 17.8. The molecule has 9 heteroatoms. The van der Waals surface area contributed by atoms with Gasteiger partial charge in [-0.2, -0.15) is 0 Å².